The fourth-order valence-corrected chi connectivity index (χ4v) is 3.66. The highest BCUT2D eigenvalue weighted by Crippen LogP contribution is 2.40. The van der Waals surface area contributed by atoms with E-state index in [1.54, 1.807) is 0 Å². The number of alkyl halides is 6. The summed E-state index contributed by atoms with van der Waals surface area (Å²) in [5.74, 6) is -1.00. The fourth-order valence-electron chi connectivity index (χ4n) is 2.32. The molecule has 2 atom stereocenters. The number of hydrogen-bond donors (Lipinski definition) is 1. The van der Waals surface area contributed by atoms with E-state index in [1.807, 2.05) is 0 Å². The van der Waals surface area contributed by atoms with Crippen molar-refractivity contribution in [3.8, 4) is 0 Å². The lowest BCUT2D eigenvalue weighted by Gasteiger charge is -2.31. The predicted octanol–water partition coefficient (Wildman–Crippen LogP) is 4.80. The Morgan fingerprint density at radius 3 is 2.07 bits per heavy atom. The molecule has 1 aromatic heterocycles. The molecule has 4 nitrogen and oxygen atoms in total. The smallest absolute Gasteiger partial charge is 0.260 e. The van der Waals surface area contributed by atoms with Crippen LogP contribution in [0.4, 0.5) is 30.7 Å². The van der Waals surface area contributed by atoms with Crippen molar-refractivity contribution in [1.29, 1.82) is 4.78 Å². The zero-order valence-corrected chi connectivity index (χ0v) is 14.3. The van der Waals surface area contributed by atoms with Gasteiger partial charge in [-0.05, 0) is 23.8 Å². The maximum atomic E-state index is 13.6. The maximum absolute atomic E-state index is 13.6. The second-order valence-electron chi connectivity index (χ2n) is 5.47. The van der Waals surface area contributed by atoms with Gasteiger partial charge in [-0.25, -0.2) is 17.7 Å². The average molecular weight is 415 g/mol. The Balaban J connectivity index is 2.51. The Morgan fingerprint density at radius 1 is 1.07 bits per heavy atom. The molecule has 0 spiro atoms. The van der Waals surface area contributed by atoms with Crippen molar-refractivity contribution < 1.29 is 34.9 Å². The van der Waals surface area contributed by atoms with Gasteiger partial charge < -0.3 is 0 Å². The minimum absolute atomic E-state index is 0.131. The Morgan fingerprint density at radius 2 is 1.63 bits per heavy atom. The second-order valence-corrected chi connectivity index (χ2v) is 7.57. The number of halogens is 7. The molecule has 0 saturated carbocycles. The highest BCUT2D eigenvalue weighted by Gasteiger charge is 2.47. The van der Waals surface area contributed by atoms with E-state index in [0.29, 0.717) is 30.3 Å². The number of rotatable bonds is 4. The summed E-state index contributed by atoms with van der Waals surface area (Å²) in [5.41, 5.74) is -1.81. The summed E-state index contributed by atoms with van der Waals surface area (Å²) in [5, 5.41) is 0. The van der Waals surface area contributed by atoms with E-state index >= 15 is 0 Å². The van der Waals surface area contributed by atoms with Gasteiger partial charge in [0.05, 0.1) is 16.7 Å². The molecule has 27 heavy (non-hydrogen) atoms. The van der Waals surface area contributed by atoms with Crippen molar-refractivity contribution in [2.45, 2.75) is 23.3 Å². The Kier molecular flexibility index (Phi) is 5.53. The van der Waals surface area contributed by atoms with Gasteiger partial charge in [-0.2, -0.15) is 26.3 Å². The van der Waals surface area contributed by atoms with Crippen molar-refractivity contribution >= 4 is 9.92 Å². The van der Waals surface area contributed by atoms with Crippen LogP contribution in [0.15, 0.2) is 47.6 Å². The molecule has 2 aromatic rings. The summed E-state index contributed by atoms with van der Waals surface area (Å²) >= 11 is 0. The number of benzene rings is 1. The highest BCUT2D eigenvalue weighted by atomic mass is 32.2. The third kappa shape index (κ3) is 4.56. The Labute approximate surface area is 149 Å². The van der Waals surface area contributed by atoms with Crippen molar-refractivity contribution in [2.75, 3.05) is 7.05 Å². The van der Waals surface area contributed by atoms with E-state index in [9.17, 15) is 34.9 Å². The Bertz CT molecular complexity index is 908. The summed E-state index contributed by atoms with van der Waals surface area (Å²) < 4.78 is 112. The number of aromatic nitrogens is 1. The minimum Gasteiger partial charge on any atom is -0.260 e. The summed E-state index contributed by atoms with van der Waals surface area (Å²) in [7, 11) is -3.62. The van der Waals surface area contributed by atoms with E-state index in [1.165, 1.54) is 0 Å². The van der Waals surface area contributed by atoms with Gasteiger partial charge in [-0.3, -0.25) is 4.98 Å². The molecule has 0 amide bonds. The van der Waals surface area contributed by atoms with Crippen LogP contribution in [-0.2, 0) is 16.1 Å². The van der Waals surface area contributed by atoms with Gasteiger partial charge in [-0.1, -0.05) is 12.1 Å². The monoisotopic (exact) mass is 415 g/mol. The molecule has 0 aliphatic rings. The van der Waals surface area contributed by atoms with E-state index in [2.05, 4.69) is 4.98 Å². The first-order valence-corrected chi connectivity index (χ1v) is 8.62. The normalized spacial score (nSPS) is 16.2. The molecule has 0 fully saturated rings. The van der Waals surface area contributed by atoms with Gasteiger partial charge in [0.15, 0.2) is 0 Å². The first kappa shape index (κ1) is 21.1. The Hall–Kier alpha value is -2.21. The van der Waals surface area contributed by atoms with E-state index < -0.39 is 50.1 Å². The molecule has 2 rings (SSSR count). The van der Waals surface area contributed by atoms with Gasteiger partial charge in [0.2, 0.25) is 0 Å². The first-order valence-electron chi connectivity index (χ1n) is 7.11. The molecule has 1 N–H and O–H groups in total. The molecule has 0 saturated heterocycles. The van der Waals surface area contributed by atoms with Gasteiger partial charge in [0.1, 0.15) is 21.8 Å². The van der Waals surface area contributed by atoms with Crippen molar-refractivity contribution in [3.05, 3.63) is 59.7 Å². The lowest BCUT2D eigenvalue weighted by molar-refractivity contribution is -0.170. The van der Waals surface area contributed by atoms with Crippen LogP contribution in [-0.4, -0.2) is 26.7 Å². The molecule has 0 aliphatic heterocycles. The molecule has 0 unspecified atom stereocenters. The minimum atomic E-state index is -5.07. The van der Waals surface area contributed by atoms with Crippen LogP contribution < -0.4 is 0 Å². The van der Waals surface area contributed by atoms with Crippen LogP contribution in [0.2, 0.25) is 0 Å². The average Bonchev–Trinajstić information content (AvgIpc) is 2.53. The van der Waals surface area contributed by atoms with Gasteiger partial charge in [-0.15, -0.1) is 0 Å². The molecule has 12 heteroatoms. The first-order chi connectivity index (χ1) is 12.2. The SMILES string of the molecule is CN([C@H](c1ccc(C(F)(F)F)cc1)C(F)(F)F)[S@](=N)(=O)c1cncc(F)c1. The van der Waals surface area contributed by atoms with E-state index in [0.717, 1.165) is 19.4 Å². The predicted molar refractivity (Wildman–Crippen MR) is 81.3 cm³/mol. The van der Waals surface area contributed by atoms with E-state index in [4.69, 9.17) is 4.78 Å². The standard InChI is InChI=1S/C15H12F7N3OS/c1-25(27(23,26)12-6-11(16)7-24-8-12)13(15(20,21)22)9-2-4-10(5-3-9)14(17,18)19/h2-8,13,23H,1H3/t13-,27+/m1/s1. The summed E-state index contributed by atoms with van der Waals surface area (Å²) in [6.45, 7) is 0. The third-order valence-corrected chi connectivity index (χ3v) is 5.52. The van der Waals surface area contributed by atoms with Crippen molar-refractivity contribution in [3.63, 3.8) is 0 Å². The molecule has 0 radical (unpaired) electrons. The van der Waals surface area contributed by atoms with Gasteiger partial charge >= 0.3 is 12.4 Å². The lowest BCUT2D eigenvalue weighted by atomic mass is 10.0. The second kappa shape index (κ2) is 7.08. The van der Waals surface area contributed by atoms with Gasteiger partial charge in [0, 0.05) is 13.2 Å². The van der Waals surface area contributed by atoms with Crippen LogP contribution in [0.25, 0.3) is 0 Å². The number of hydrogen-bond acceptors (Lipinski definition) is 3. The number of nitrogens with one attached hydrogen (secondary N) is 1. The number of nitrogens with zero attached hydrogens (tertiary/aromatic N) is 2. The molecule has 0 aliphatic carbocycles. The topological polar surface area (TPSA) is 57.1 Å². The molecule has 1 heterocycles. The highest BCUT2D eigenvalue weighted by molar-refractivity contribution is 7.90. The summed E-state index contributed by atoms with van der Waals surface area (Å²) in [4.78, 5) is 2.75. The van der Waals surface area contributed by atoms with Crippen LogP contribution in [0.1, 0.15) is 17.2 Å². The molecular weight excluding hydrogens is 403 g/mol. The van der Waals surface area contributed by atoms with Crippen LogP contribution in [0, 0.1) is 10.6 Å². The van der Waals surface area contributed by atoms with Crippen molar-refractivity contribution in [1.82, 2.24) is 9.29 Å². The molecule has 148 valence electrons. The summed E-state index contributed by atoms with van der Waals surface area (Å²) in [6, 6.07) is 0.0506. The van der Waals surface area contributed by atoms with Crippen LogP contribution in [0.5, 0.6) is 0 Å². The maximum Gasteiger partial charge on any atom is 0.416 e. The van der Waals surface area contributed by atoms with Gasteiger partial charge in [0.25, 0.3) is 0 Å². The quantitative estimate of drug-likeness (QED) is 0.730. The lowest BCUT2D eigenvalue weighted by Crippen LogP contribution is -2.39. The number of pyridine rings is 1. The van der Waals surface area contributed by atoms with E-state index in [-0.39, 0.29) is 4.31 Å². The molecule has 1 aromatic carbocycles. The van der Waals surface area contributed by atoms with Crippen molar-refractivity contribution in [2.24, 2.45) is 0 Å². The summed E-state index contributed by atoms with van der Waals surface area (Å²) in [6.07, 6.45) is -8.31. The fraction of sp³-hybridized carbons (Fsp3) is 0.267. The van der Waals surface area contributed by atoms with Crippen LogP contribution >= 0.6 is 0 Å². The third-order valence-electron chi connectivity index (χ3n) is 3.63. The molecular formula is C15H12F7N3OS. The molecule has 0 bridgehead atoms. The largest absolute Gasteiger partial charge is 0.416 e. The zero-order chi connectivity index (χ0) is 20.6. The zero-order valence-electron chi connectivity index (χ0n) is 13.5. The van der Waals surface area contributed by atoms with Crippen LogP contribution in [0.3, 0.4) is 0 Å².